The van der Waals surface area contributed by atoms with Gasteiger partial charge in [0.2, 0.25) is 0 Å². The number of hydrogen-bond acceptors (Lipinski definition) is 2. The fourth-order valence-electron chi connectivity index (χ4n) is 2.40. The molecule has 0 saturated carbocycles. The molecule has 0 bridgehead atoms. The highest BCUT2D eigenvalue weighted by Gasteiger charge is 2.16. The Hall–Kier alpha value is -0.440. The average molecular weight is 302 g/mol. The highest BCUT2D eigenvalue weighted by atomic mass is 35.5. The van der Waals surface area contributed by atoms with Crippen LogP contribution in [0.2, 0.25) is 5.02 Å². The summed E-state index contributed by atoms with van der Waals surface area (Å²) in [4.78, 5) is 0. The van der Waals surface area contributed by atoms with Gasteiger partial charge in [-0.25, -0.2) is 0 Å². The Labute approximate surface area is 125 Å². The summed E-state index contributed by atoms with van der Waals surface area (Å²) in [6.07, 6.45) is 5.75. The Bertz CT molecular complexity index is 409. The van der Waals surface area contributed by atoms with Crippen molar-refractivity contribution in [3.8, 4) is 5.75 Å². The Morgan fingerprint density at radius 2 is 2.00 bits per heavy atom. The van der Waals surface area contributed by atoms with E-state index in [0.717, 1.165) is 49.2 Å². The van der Waals surface area contributed by atoms with E-state index in [4.69, 9.17) is 27.9 Å². The first kappa shape index (κ1) is 15.0. The molecule has 106 valence electrons. The van der Waals surface area contributed by atoms with Crippen LogP contribution in [0.15, 0.2) is 12.1 Å². The van der Waals surface area contributed by atoms with Crippen LogP contribution < -0.4 is 10.1 Å². The van der Waals surface area contributed by atoms with Gasteiger partial charge in [0, 0.05) is 29.4 Å². The second kappa shape index (κ2) is 7.98. The van der Waals surface area contributed by atoms with Gasteiger partial charge < -0.3 is 10.1 Å². The van der Waals surface area contributed by atoms with E-state index < -0.39 is 0 Å². The predicted molar refractivity (Wildman–Crippen MR) is 81.5 cm³/mol. The number of hydrogen-bond donors (Lipinski definition) is 1. The van der Waals surface area contributed by atoms with Gasteiger partial charge in [0.15, 0.2) is 0 Å². The Morgan fingerprint density at radius 3 is 2.84 bits per heavy atom. The lowest BCUT2D eigenvalue weighted by atomic mass is 10.1. The van der Waals surface area contributed by atoms with Crippen molar-refractivity contribution in [3.63, 3.8) is 0 Å². The van der Waals surface area contributed by atoms with Gasteiger partial charge in [-0.3, -0.25) is 0 Å². The first-order valence-electron chi connectivity index (χ1n) is 7.02. The predicted octanol–water partition coefficient (Wildman–Crippen LogP) is 4.16. The van der Waals surface area contributed by atoms with Gasteiger partial charge in [0.1, 0.15) is 5.75 Å². The van der Waals surface area contributed by atoms with Gasteiger partial charge in [0.25, 0.3) is 0 Å². The van der Waals surface area contributed by atoms with E-state index in [2.05, 4.69) is 5.32 Å². The molecule has 0 radical (unpaired) electrons. The number of alkyl halides is 1. The third-order valence-corrected chi connectivity index (χ3v) is 3.86. The minimum atomic E-state index is 0.777. The van der Waals surface area contributed by atoms with Crippen LogP contribution in [-0.2, 0) is 13.0 Å². The number of halogens is 2. The third-order valence-electron chi connectivity index (χ3n) is 3.38. The summed E-state index contributed by atoms with van der Waals surface area (Å²) in [5.74, 6) is 1.82. The summed E-state index contributed by atoms with van der Waals surface area (Å²) >= 11 is 11.8. The molecule has 0 saturated heterocycles. The number of unbranched alkanes of at least 4 members (excludes halogenated alkanes) is 3. The van der Waals surface area contributed by atoms with Crippen molar-refractivity contribution in [1.82, 2.24) is 5.32 Å². The summed E-state index contributed by atoms with van der Waals surface area (Å²) in [6.45, 7) is 2.64. The van der Waals surface area contributed by atoms with Crippen molar-refractivity contribution >= 4 is 23.2 Å². The van der Waals surface area contributed by atoms with Crippen LogP contribution in [0.4, 0.5) is 0 Å². The number of nitrogens with one attached hydrogen (secondary N) is 1. The maximum Gasteiger partial charge on any atom is 0.127 e. The molecular weight excluding hydrogens is 281 g/mol. The maximum atomic E-state index is 6.13. The topological polar surface area (TPSA) is 21.3 Å². The molecule has 0 spiro atoms. The first-order chi connectivity index (χ1) is 9.31. The quantitative estimate of drug-likeness (QED) is 0.575. The van der Waals surface area contributed by atoms with Gasteiger partial charge in [-0.1, -0.05) is 24.4 Å². The van der Waals surface area contributed by atoms with E-state index in [-0.39, 0.29) is 0 Å². The van der Waals surface area contributed by atoms with E-state index in [9.17, 15) is 0 Å². The second-order valence-corrected chi connectivity index (χ2v) is 5.75. The Balaban J connectivity index is 1.74. The normalized spacial score (nSPS) is 13.4. The molecule has 19 heavy (non-hydrogen) atoms. The minimum absolute atomic E-state index is 0.777. The summed E-state index contributed by atoms with van der Waals surface area (Å²) in [6, 6.07) is 4.02. The van der Waals surface area contributed by atoms with Crippen molar-refractivity contribution in [2.75, 3.05) is 19.0 Å². The zero-order chi connectivity index (χ0) is 13.5. The van der Waals surface area contributed by atoms with Crippen LogP contribution in [0.5, 0.6) is 5.75 Å². The first-order valence-corrected chi connectivity index (χ1v) is 7.93. The molecule has 0 unspecified atom stereocenters. The smallest absolute Gasteiger partial charge is 0.127 e. The number of ether oxygens (including phenoxy) is 1. The van der Waals surface area contributed by atoms with Crippen LogP contribution >= 0.6 is 23.2 Å². The third kappa shape index (κ3) is 4.55. The molecular formula is C15H21Cl2NO. The molecule has 1 heterocycles. The zero-order valence-corrected chi connectivity index (χ0v) is 12.7. The fourth-order valence-corrected chi connectivity index (χ4v) is 2.85. The van der Waals surface area contributed by atoms with Gasteiger partial charge in [-0.15, -0.1) is 11.6 Å². The Morgan fingerprint density at radius 1 is 1.16 bits per heavy atom. The summed E-state index contributed by atoms with van der Waals surface area (Å²) in [7, 11) is 0. The molecule has 2 nitrogen and oxygen atoms in total. The summed E-state index contributed by atoms with van der Waals surface area (Å²) in [5, 5.41) is 4.27. The van der Waals surface area contributed by atoms with Crippen LogP contribution in [0.25, 0.3) is 0 Å². The molecule has 0 atom stereocenters. The lowest BCUT2D eigenvalue weighted by molar-refractivity contribution is 0.352. The largest absolute Gasteiger partial charge is 0.493 e. The second-order valence-electron chi connectivity index (χ2n) is 4.93. The molecule has 4 heteroatoms. The van der Waals surface area contributed by atoms with Gasteiger partial charge in [-0.2, -0.15) is 0 Å². The molecule has 1 aromatic carbocycles. The molecule has 1 aliphatic rings. The van der Waals surface area contributed by atoms with Crippen LogP contribution in [-0.4, -0.2) is 19.0 Å². The maximum absolute atomic E-state index is 6.13. The fraction of sp³-hybridized carbons (Fsp3) is 0.600. The van der Waals surface area contributed by atoms with Crippen LogP contribution in [0.3, 0.4) is 0 Å². The summed E-state index contributed by atoms with van der Waals surface area (Å²) in [5.41, 5.74) is 2.42. The molecule has 0 amide bonds. The molecule has 0 fully saturated rings. The van der Waals surface area contributed by atoms with E-state index in [1.54, 1.807) is 0 Å². The lowest BCUT2D eigenvalue weighted by Crippen LogP contribution is -2.15. The standard InChI is InChI=1S/C15H21Cl2NO/c16-6-3-1-2-4-7-18-11-13-10-14(17)9-12-5-8-19-15(12)13/h9-10,18H,1-8,11H2. The van der Waals surface area contributed by atoms with Crippen molar-refractivity contribution in [3.05, 3.63) is 28.3 Å². The van der Waals surface area contributed by atoms with E-state index >= 15 is 0 Å². The monoisotopic (exact) mass is 301 g/mol. The van der Waals surface area contributed by atoms with Gasteiger partial charge in [-0.05, 0) is 37.1 Å². The molecule has 0 aromatic heterocycles. The number of benzene rings is 1. The van der Waals surface area contributed by atoms with Crippen molar-refractivity contribution in [2.45, 2.75) is 38.6 Å². The Kier molecular flexibility index (Phi) is 6.29. The molecule has 1 N–H and O–H groups in total. The van der Waals surface area contributed by atoms with Crippen molar-refractivity contribution < 1.29 is 4.74 Å². The number of fused-ring (bicyclic) bond motifs is 1. The molecule has 0 aliphatic carbocycles. The van der Waals surface area contributed by atoms with Crippen molar-refractivity contribution in [1.29, 1.82) is 0 Å². The van der Waals surface area contributed by atoms with Crippen LogP contribution in [0.1, 0.15) is 36.8 Å². The van der Waals surface area contributed by atoms with E-state index in [0.29, 0.717) is 0 Å². The summed E-state index contributed by atoms with van der Waals surface area (Å²) < 4.78 is 5.68. The minimum Gasteiger partial charge on any atom is -0.493 e. The molecule has 2 rings (SSSR count). The highest BCUT2D eigenvalue weighted by molar-refractivity contribution is 6.30. The number of rotatable bonds is 8. The van der Waals surface area contributed by atoms with Crippen LogP contribution in [0, 0.1) is 0 Å². The van der Waals surface area contributed by atoms with Gasteiger partial charge in [0.05, 0.1) is 6.61 Å². The molecule has 1 aliphatic heterocycles. The van der Waals surface area contributed by atoms with Gasteiger partial charge >= 0.3 is 0 Å². The average Bonchev–Trinajstić information content (AvgIpc) is 2.85. The SMILES string of the molecule is ClCCCCCCNCc1cc(Cl)cc2c1OCC2. The van der Waals surface area contributed by atoms with E-state index in [1.807, 2.05) is 12.1 Å². The van der Waals surface area contributed by atoms with Crippen molar-refractivity contribution in [2.24, 2.45) is 0 Å². The highest BCUT2D eigenvalue weighted by Crippen LogP contribution is 2.32. The molecule has 1 aromatic rings. The lowest BCUT2D eigenvalue weighted by Gasteiger charge is -2.10. The van der Waals surface area contributed by atoms with E-state index in [1.165, 1.54) is 30.4 Å². The zero-order valence-electron chi connectivity index (χ0n) is 11.2.